The van der Waals surface area contributed by atoms with Gasteiger partial charge in [0.1, 0.15) is 10.8 Å². The Morgan fingerprint density at radius 1 is 0.967 bits per heavy atom. The minimum atomic E-state index is -0.0569. The van der Waals surface area contributed by atoms with E-state index in [2.05, 4.69) is 27.0 Å². The second-order valence-electron chi connectivity index (χ2n) is 6.74. The van der Waals surface area contributed by atoms with Crippen molar-refractivity contribution in [1.82, 2.24) is 19.7 Å². The maximum Gasteiger partial charge on any atom is 0.261 e. The van der Waals surface area contributed by atoms with Gasteiger partial charge in [0.25, 0.3) is 5.56 Å². The Hall–Kier alpha value is -3.36. The average Bonchev–Trinajstić information content (AvgIpc) is 3.44. The average molecular weight is 432 g/mol. The SMILES string of the molecule is O=c1c2ccccc2nc(Cc2ccsc2)n1Cc1nnc(Nc2ccccc2)s1. The van der Waals surface area contributed by atoms with Crippen molar-refractivity contribution in [2.24, 2.45) is 0 Å². The molecule has 0 aliphatic carbocycles. The van der Waals surface area contributed by atoms with Crippen molar-refractivity contribution < 1.29 is 0 Å². The van der Waals surface area contributed by atoms with Gasteiger partial charge in [-0.3, -0.25) is 9.36 Å². The van der Waals surface area contributed by atoms with Crippen molar-refractivity contribution in [2.45, 2.75) is 13.0 Å². The zero-order valence-corrected chi connectivity index (χ0v) is 17.5. The number of hydrogen-bond acceptors (Lipinski definition) is 7. The highest BCUT2D eigenvalue weighted by molar-refractivity contribution is 7.15. The number of fused-ring (bicyclic) bond motifs is 1. The summed E-state index contributed by atoms with van der Waals surface area (Å²) < 4.78 is 1.72. The maximum absolute atomic E-state index is 13.2. The van der Waals surface area contributed by atoms with Crippen molar-refractivity contribution in [1.29, 1.82) is 0 Å². The van der Waals surface area contributed by atoms with E-state index in [-0.39, 0.29) is 5.56 Å². The molecule has 0 bridgehead atoms. The molecule has 3 aromatic heterocycles. The van der Waals surface area contributed by atoms with Gasteiger partial charge in [0.05, 0.1) is 17.4 Å². The number of para-hydroxylation sites is 2. The number of benzene rings is 2. The highest BCUT2D eigenvalue weighted by Crippen LogP contribution is 2.22. The number of hydrogen-bond donors (Lipinski definition) is 1. The van der Waals surface area contributed by atoms with E-state index in [1.54, 1.807) is 15.9 Å². The Balaban J connectivity index is 1.50. The third-order valence-electron chi connectivity index (χ3n) is 4.67. The van der Waals surface area contributed by atoms with Gasteiger partial charge in [-0.05, 0) is 46.7 Å². The van der Waals surface area contributed by atoms with Crippen LogP contribution < -0.4 is 10.9 Å². The van der Waals surface area contributed by atoms with E-state index in [0.29, 0.717) is 29.0 Å². The van der Waals surface area contributed by atoms with Crippen molar-refractivity contribution >= 4 is 44.4 Å². The lowest BCUT2D eigenvalue weighted by Gasteiger charge is -2.12. The Labute approximate surface area is 180 Å². The highest BCUT2D eigenvalue weighted by Gasteiger charge is 2.14. The van der Waals surface area contributed by atoms with Crippen LogP contribution in [0.15, 0.2) is 76.2 Å². The summed E-state index contributed by atoms with van der Waals surface area (Å²) in [6, 6.07) is 19.3. The summed E-state index contributed by atoms with van der Waals surface area (Å²) in [4.78, 5) is 18.0. The molecule has 3 heterocycles. The van der Waals surface area contributed by atoms with Crippen molar-refractivity contribution in [3.05, 3.63) is 98.2 Å². The number of nitrogens with zero attached hydrogens (tertiary/aromatic N) is 4. The van der Waals surface area contributed by atoms with E-state index in [9.17, 15) is 4.79 Å². The summed E-state index contributed by atoms with van der Waals surface area (Å²) in [6.45, 7) is 0.338. The van der Waals surface area contributed by atoms with Gasteiger partial charge in [0.2, 0.25) is 5.13 Å². The molecule has 0 fully saturated rings. The van der Waals surface area contributed by atoms with Gasteiger partial charge in [0.15, 0.2) is 0 Å². The third kappa shape index (κ3) is 3.87. The van der Waals surface area contributed by atoms with Crippen LogP contribution in [0, 0.1) is 0 Å². The molecule has 1 N–H and O–H groups in total. The normalized spacial score (nSPS) is 11.1. The second kappa shape index (κ2) is 8.17. The van der Waals surface area contributed by atoms with Gasteiger partial charge in [-0.15, -0.1) is 10.2 Å². The summed E-state index contributed by atoms with van der Waals surface area (Å²) in [5.41, 5.74) is 2.74. The van der Waals surface area contributed by atoms with Gasteiger partial charge in [-0.2, -0.15) is 11.3 Å². The van der Waals surface area contributed by atoms with Gasteiger partial charge >= 0.3 is 0 Å². The zero-order chi connectivity index (χ0) is 20.3. The molecule has 0 atom stereocenters. The Morgan fingerprint density at radius 3 is 2.63 bits per heavy atom. The van der Waals surface area contributed by atoms with E-state index >= 15 is 0 Å². The lowest BCUT2D eigenvalue weighted by Crippen LogP contribution is -2.26. The highest BCUT2D eigenvalue weighted by atomic mass is 32.1. The minimum Gasteiger partial charge on any atom is -0.330 e. The molecule has 5 rings (SSSR count). The van der Waals surface area contributed by atoms with Gasteiger partial charge in [-0.1, -0.05) is 41.7 Å². The zero-order valence-electron chi connectivity index (χ0n) is 15.9. The molecule has 0 radical (unpaired) electrons. The van der Waals surface area contributed by atoms with E-state index in [1.807, 2.05) is 60.0 Å². The van der Waals surface area contributed by atoms with Crippen LogP contribution in [0.5, 0.6) is 0 Å². The fourth-order valence-corrected chi connectivity index (χ4v) is 4.65. The first-order valence-electron chi connectivity index (χ1n) is 9.40. The van der Waals surface area contributed by atoms with Gasteiger partial charge in [0, 0.05) is 12.1 Å². The summed E-state index contributed by atoms with van der Waals surface area (Å²) >= 11 is 3.07. The number of rotatable bonds is 6. The molecule has 8 heteroatoms. The van der Waals surface area contributed by atoms with Crippen molar-refractivity contribution in [3.8, 4) is 0 Å². The second-order valence-corrected chi connectivity index (χ2v) is 8.58. The van der Waals surface area contributed by atoms with Crippen molar-refractivity contribution in [2.75, 3.05) is 5.32 Å². The van der Waals surface area contributed by atoms with E-state index in [1.165, 1.54) is 11.3 Å². The van der Waals surface area contributed by atoms with Gasteiger partial charge < -0.3 is 5.32 Å². The first-order chi connectivity index (χ1) is 14.8. The molecular formula is C22H17N5OS2. The van der Waals surface area contributed by atoms with Crippen LogP contribution in [0.3, 0.4) is 0 Å². The lowest BCUT2D eigenvalue weighted by atomic mass is 10.2. The fraction of sp³-hybridized carbons (Fsp3) is 0.0909. The molecule has 0 amide bonds. The number of aromatic nitrogens is 4. The van der Waals surface area contributed by atoms with Crippen LogP contribution in [0.4, 0.5) is 10.8 Å². The molecule has 0 aliphatic rings. The Morgan fingerprint density at radius 2 is 1.80 bits per heavy atom. The number of nitrogens with one attached hydrogen (secondary N) is 1. The van der Waals surface area contributed by atoms with Crippen LogP contribution >= 0.6 is 22.7 Å². The topological polar surface area (TPSA) is 72.7 Å². The lowest BCUT2D eigenvalue weighted by molar-refractivity contribution is 0.685. The monoisotopic (exact) mass is 431 g/mol. The van der Waals surface area contributed by atoms with E-state index < -0.39 is 0 Å². The number of anilines is 2. The largest absolute Gasteiger partial charge is 0.330 e. The molecule has 6 nitrogen and oxygen atoms in total. The molecule has 0 saturated heterocycles. The summed E-state index contributed by atoms with van der Waals surface area (Å²) in [6.07, 6.45) is 0.595. The maximum atomic E-state index is 13.2. The first-order valence-corrected chi connectivity index (χ1v) is 11.2. The van der Waals surface area contributed by atoms with E-state index in [4.69, 9.17) is 4.98 Å². The molecule has 0 unspecified atom stereocenters. The Kier molecular flexibility index (Phi) is 5.08. The Bertz CT molecular complexity index is 1340. The molecule has 0 aliphatic heterocycles. The smallest absolute Gasteiger partial charge is 0.261 e. The fourth-order valence-electron chi connectivity index (χ4n) is 3.24. The summed E-state index contributed by atoms with van der Waals surface area (Å²) in [7, 11) is 0. The summed E-state index contributed by atoms with van der Waals surface area (Å²) in [5, 5.41) is 17.9. The van der Waals surface area contributed by atoms with Crippen LogP contribution in [-0.4, -0.2) is 19.7 Å². The van der Waals surface area contributed by atoms with Crippen LogP contribution in [-0.2, 0) is 13.0 Å². The molecule has 5 aromatic rings. The summed E-state index contributed by atoms with van der Waals surface area (Å²) in [5.74, 6) is 0.727. The van der Waals surface area contributed by atoms with Gasteiger partial charge in [-0.25, -0.2) is 4.98 Å². The van der Waals surface area contributed by atoms with Crippen molar-refractivity contribution in [3.63, 3.8) is 0 Å². The third-order valence-corrected chi connectivity index (χ3v) is 6.22. The molecule has 30 heavy (non-hydrogen) atoms. The molecule has 0 saturated carbocycles. The van der Waals surface area contributed by atoms with Crippen LogP contribution in [0.25, 0.3) is 10.9 Å². The quantitative estimate of drug-likeness (QED) is 0.422. The number of thiophene rings is 1. The molecular weight excluding hydrogens is 414 g/mol. The minimum absolute atomic E-state index is 0.0569. The predicted octanol–water partition coefficient (Wildman–Crippen LogP) is 4.69. The van der Waals surface area contributed by atoms with E-state index in [0.717, 1.165) is 22.1 Å². The molecule has 148 valence electrons. The molecule has 2 aromatic carbocycles. The molecule has 0 spiro atoms. The van der Waals surface area contributed by atoms with Crippen LogP contribution in [0.1, 0.15) is 16.4 Å². The first kappa shape index (κ1) is 18.7. The standard InChI is InChI=1S/C22H17N5OS2/c28-21-17-8-4-5-9-18(17)24-19(12-15-10-11-29-14-15)27(21)13-20-25-26-22(30-20)23-16-6-2-1-3-7-16/h1-11,14H,12-13H2,(H,23,26). The van der Waals surface area contributed by atoms with Crippen LogP contribution in [0.2, 0.25) is 0 Å². The predicted molar refractivity (Wildman–Crippen MR) is 122 cm³/mol.